The first-order valence-corrected chi connectivity index (χ1v) is 10.7. The Morgan fingerprint density at radius 2 is 1.71 bits per heavy atom. The molecule has 174 valence electrons. The Hall–Kier alpha value is -4.04. The van der Waals surface area contributed by atoms with Crippen molar-refractivity contribution in [3.05, 3.63) is 71.2 Å². The SMILES string of the molecule is COc1cc(OC)c(NC(=O)C(C)OC(=O)c2ccccc2-c2nc3ccccc3o2)cc1Cl. The molecule has 1 heterocycles. The minimum atomic E-state index is -1.12. The van der Waals surface area contributed by atoms with Crippen molar-refractivity contribution in [3.8, 4) is 23.0 Å². The van der Waals surface area contributed by atoms with Crippen LogP contribution in [0, 0.1) is 0 Å². The maximum absolute atomic E-state index is 12.9. The molecule has 1 unspecified atom stereocenters. The summed E-state index contributed by atoms with van der Waals surface area (Å²) in [5.74, 6) is -0.239. The van der Waals surface area contributed by atoms with Crippen molar-refractivity contribution in [1.29, 1.82) is 0 Å². The molecule has 0 saturated heterocycles. The number of benzene rings is 3. The van der Waals surface area contributed by atoms with Crippen LogP contribution in [-0.4, -0.2) is 37.2 Å². The van der Waals surface area contributed by atoms with E-state index in [0.29, 0.717) is 33.8 Å². The van der Waals surface area contributed by atoms with Crippen molar-refractivity contribution in [2.24, 2.45) is 0 Å². The number of hydrogen-bond acceptors (Lipinski definition) is 7. The molecule has 0 radical (unpaired) electrons. The minimum Gasteiger partial charge on any atom is -0.495 e. The number of carbonyl (C=O) groups excluding carboxylic acids is 2. The van der Waals surface area contributed by atoms with Crippen LogP contribution in [0.25, 0.3) is 22.6 Å². The number of fused-ring (bicyclic) bond motifs is 1. The fourth-order valence-electron chi connectivity index (χ4n) is 3.30. The van der Waals surface area contributed by atoms with E-state index in [4.69, 9.17) is 30.2 Å². The second-order valence-corrected chi connectivity index (χ2v) is 7.66. The van der Waals surface area contributed by atoms with Crippen LogP contribution in [0.2, 0.25) is 5.02 Å². The first-order valence-electron chi connectivity index (χ1n) is 10.3. The van der Waals surface area contributed by atoms with Crippen LogP contribution in [0.1, 0.15) is 17.3 Å². The molecule has 1 aromatic heterocycles. The van der Waals surface area contributed by atoms with Crippen LogP contribution in [-0.2, 0) is 9.53 Å². The topological polar surface area (TPSA) is 99.9 Å². The molecule has 1 N–H and O–H groups in total. The van der Waals surface area contributed by atoms with Gasteiger partial charge in [-0.15, -0.1) is 0 Å². The number of carbonyl (C=O) groups is 2. The number of nitrogens with zero attached hydrogens (tertiary/aromatic N) is 1. The molecular weight excluding hydrogens is 460 g/mol. The molecule has 9 heteroatoms. The summed E-state index contributed by atoms with van der Waals surface area (Å²) in [6, 6.07) is 17.1. The van der Waals surface area contributed by atoms with E-state index in [-0.39, 0.29) is 16.5 Å². The number of nitrogens with one attached hydrogen (secondary N) is 1. The smallest absolute Gasteiger partial charge is 0.339 e. The van der Waals surface area contributed by atoms with Crippen LogP contribution in [0.5, 0.6) is 11.5 Å². The summed E-state index contributed by atoms with van der Waals surface area (Å²) in [6.07, 6.45) is -1.12. The maximum Gasteiger partial charge on any atom is 0.339 e. The van der Waals surface area contributed by atoms with Gasteiger partial charge in [-0.3, -0.25) is 4.79 Å². The molecule has 0 aliphatic heterocycles. The summed E-state index contributed by atoms with van der Waals surface area (Å²) in [7, 11) is 2.92. The fourth-order valence-corrected chi connectivity index (χ4v) is 3.55. The highest BCUT2D eigenvalue weighted by molar-refractivity contribution is 6.32. The zero-order valence-corrected chi connectivity index (χ0v) is 19.4. The Morgan fingerprint density at radius 3 is 2.44 bits per heavy atom. The normalized spacial score (nSPS) is 11.6. The molecule has 0 bridgehead atoms. The van der Waals surface area contributed by atoms with E-state index in [1.807, 2.05) is 18.2 Å². The van der Waals surface area contributed by atoms with Gasteiger partial charge >= 0.3 is 5.97 Å². The Labute approximate surface area is 200 Å². The number of para-hydroxylation sites is 2. The van der Waals surface area contributed by atoms with Crippen LogP contribution in [0.3, 0.4) is 0 Å². The highest BCUT2D eigenvalue weighted by Gasteiger charge is 2.24. The number of ether oxygens (including phenoxy) is 3. The van der Waals surface area contributed by atoms with Gasteiger partial charge in [0.1, 0.15) is 17.0 Å². The highest BCUT2D eigenvalue weighted by atomic mass is 35.5. The third-order valence-corrected chi connectivity index (χ3v) is 5.35. The molecule has 3 aromatic carbocycles. The predicted octanol–water partition coefficient (Wildman–Crippen LogP) is 5.35. The molecule has 4 rings (SSSR count). The Balaban J connectivity index is 1.52. The third-order valence-electron chi connectivity index (χ3n) is 5.06. The summed E-state index contributed by atoms with van der Waals surface area (Å²) in [4.78, 5) is 30.1. The average Bonchev–Trinajstić information content (AvgIpc) is 3.28. The van der Waals surface area contributed by atoms with Crippen LogP contribution in [0.15, 0.2) is 65.1 Å². The molecule has 0 aliphatic carbocycles. The van der Waals surface area contributed by atoms with Gasteiger partial charge in [-0.25, -0.2) is 9.78 Å². The summed E-state index contributed by atoms with van der Waals surface area (Å²) in [5.41, 5.74) is 2.26. The molecule has 34 heavy (non-hydrogen) atoms. The molecule has 1 amide bonds. The quantitative estimate of drug-likeness (QED) is 0.356. The molecule has 0 aliphatic rings. The minimum absolute atomic E-state index is 0.221. The van der Waals surface area contributed by atoms with Crippen molar-refractivity contribution in [1.82, 2.24) is 4.98 Å². The molecule has 0 spiro atoms. The predicted molar refractivity (Wildman–Crippen MR) is 128 cm³/mol. The van der Waals surface area contributed by atoms with Gasteiger partial charge < -0.3 is 23.9 Å². The van der Waals surface area contributed by atoms with Gasteiger partial charge in [0.15, 0.2) is 11.7 Å². The highest BCUT2D eigenvalue weighted by Crippen LogP contribution is 2.36. The van der Waals surface area contributed by atoms with Gasteiger partial charge in [-0.2, -0.15) is 0 Å². The van der Waals surface area contributed by atoms with Crippen LogP contribution < -0.4 is 14.8 Å². The number of aromatic nitrogens is 1. The number of rotatable bonds is 7. The number of oxazole rings is 1. The molecule has 1 atom stereocenters. The third kappa shape index (κ3) is 4.67. The average molecular weight is 481 g/mol. The lowest BCUT2D eigenvalue weighted by Crippen LogP contribution is -2.30. The number of esters is 1. The maximum atomic E-state index is 12.9. The van der Waals surface area contributed by atoms with Crippen LogP contribution in [0.4, 0.5) is 5.69 Å². The Morgan fingerprint density at radius 1 is 1.00 bits per heavy atom. The fraction of sp³-hybridized carbons (Fsp3) is 0.160. The van der Waals surface area contributed by atoms with Crippen molar-refractivity contribution in [2.75, 3.05) is 19.5 Å². The molecule has 8 nitrogen and oxygen atoms in total. The number of amides is 1. The largest absolute Gasteiger partial charge is 0.495 e. The van der Waals surface area contributed by atoms with E-state index in [1.54, 1.807) is 36.4 Å². The van der Waals surface area contributed by atoms with Gasteiger partial charge in [0.05, 0.1) is 36.1 Å². The van der Waals surface area contributed by atoms with E-state index >= 15 is 0 Å². The molecule has 0 saturated carbocycles. The monoisotopic (exact) mass is 480 g/mol. The summed E-state index contributed by atoms with van der Waals surface area (Å²) >= 11 is 6.16. The van der Waals surface area contributed by atoms with Crippen molar-refractivity contribution in [3.63, 3.8) is 0 Å². The van der Waals surface area contributed by atoms with Gasteiger partial charge in [0.25, 0.3) is 5.91 Å². The van der Waals surface area contributed by atoms with Gasteiger partial charge in [-0.1, -0.05) is 35.9 Å². The number of hydrogen-bond donors (Lipinski definition) is 1. The van der Waals surface area contributed by atoms with Crippen LogP contribution >= 0.6 is 11.6 Å². The van der Waals surface area contributed by atoms with Gasteiger partial charge in [0.2, 0.25) is 5.89 Å². The first-order chi connectivity index (χ1) is 16.4. The lowest BCUT2D eigenvalue weighted by atomic mass is 10.1. The second-order valence-electron chi connectivity index (χ2n) is 7.26. The number of anilines is 1. The van der Waals surface area contributed by atoms with E-state index in [0.717, 1.165) is 0 Å². The molecule has 0 fully saturated rings. The van der Waals surface area contributed by atoms with E-state index < -0.39 is 18.0 Å². The standard InChI is InChI=1S/C25H21ClN2O6/c1-14(23(29)27-19-12-17(26)21(31-2)13-22(19)32-3)33-25(30)16-9-5-4-8-15(16)24-28-18-10-6-7-11-20(18)34-24/h4-14H,1-3H3,(H,27,29). The van der Waals surface area contributed by atoms with Gasteiger partial charge in [0, 0.05) is 6.07 Å². The lowest BCUT2D eigenvalue weighted by molar-refractivity contribution is -0.123. The number of halogens is 1. The molecular formula is C25H21ClN2O6. The van der Waals surface area contributed by atoms with E-state index in [2.05, 4.69) is 10.3 Å². The number of methoxy groups -OCH3 is 2. The van der Waals surface area contributed by atoms with Gasteiger partial charge in [-0.05, 0) is 37.3 Å². The second kappa shape index (κ2) is 9.84. The zero-order chi connectivity index (χ0) is 24.2. The van der Waals surface area contributed by atoms with E-state index in [1.165, 1.54) is 27.2 Å². The zero-order valence-electron chi connectivity index (χ0n) is 18.6. The Bertz CT molecular complexity index is 1330. The Kier molecular flexibility index (Phi) is 6.70. The van der Waals surface area contributed by atoms with Crippen molar-refractivity contribution in [2.45, 2.75) is 13.0 Å². The summed E-state index contributed by atoms with van der Waals surface area (Å²) in [6.45, 7) is 1.47. The van der Waals surface area contributed by atoms with E-state index in [9.17, 15) is 9.59 Å². The summed E-state index contributed by atoms with van der Waals surface area (Å²) in [5, 5.41) is 2.95. The first kappa shape index (κ1) is 23.1. The lowest BCUT2D eigenvalue weighted by Gasteiger charge is -2.17. The van der Waals surface area contributed by atoms with Crippen molar-refractivity contribution < 1.29 is 28.2 Å². The van der Waals surface area contributed by atoms with Crippen molar-refractivity contribution >= 4 is 40.3 Å². The molecule has 4 aromatic rings. The summed E-state index contributed by atoms with van der Waals surface area (Å²) < 4.78 is 21.7.